The lowest BCUT2D eigenvalue weighted by Crippen LogP contribution is -2.27. The summed E-state index contributed by atoms with van der Waals surface area (Å²) in [6.07, 6.45) is 0. The van der Waals surface area contributed by atoms with Gasteiger partial charge in [0.2, 0.25) is 0 Å². The van der Waals surface area contributed by atoms with Gasteiger partial charge in [-0.25, -0.2) is 0 Å². The number of nitrogens with zero attached hydrogens (tertiary/aromatic N) is 1. The lowest BCUT2D eigenvalue weighted by Gasteiger charge is -2.23. The van der Waals surface area contributed by atoms with Crippen LogP contribution in [0.15, 0.2) is 18.2 Å². The van der Waals surface area contributed by atoms with Crippen molar-refractivity contribution in [2.24, 2.45) is 0 Å². The lowest BCUT2D eigenvalue weighted by molar-refractivity contribution is 0.154. The lowest BCUT2D eigenvalue weighted by atomic mass is 10.1. The quantitative estimate of drug-likeness (QED) is 0.731. The molecule has 0 spiro atoms. The molecular formula is C16H28N2O. The summed E-state index contributed by atoms with van der Waals surface area (Å²) in [6.45, 7) is 11.9. The molecule has 0 fully saturated rings. The fourth-order valence-electron chi connectivity index (χ4n) is 2.01. The van der Waals surface area contributed by atoms with Crippen LogP contribution in [0.3, 0.4) is 0 Å². The third kappa shape index (κ3) is 5.62. The Morgan fingerprint density at radius 3 is 2.68 bits per heavy atom. The number of likely N-dealkylation sites (N-methyl/N-ethyl adjacent to an activating group) is 1. The second kappa shape index (κ2) is 8.18. The standard InChI is InChI=1S/C16H28N2O/c1-6-19-10-9-18(5)16-8-7-14(4)11-15(16)12-17-13(2)3/h7-8,11,13,17H,6,9-10,12H2,1-5H3. The molecule has 3 nitrogen and oxygen atoms in total. The zero-order valence-corrected chi connectivity index (χ0v) is 13.0. The number of aryl methyl sites for hydroxylation is 1. The Labute approximate surface area is 118 Å². The van der Waals surface area contributed by atoms with Gasteiger partial charge >= 0.3 is 0 Å². The van der Waals surface area contributed by atoms with E-state index in [0.29, 0.717) is 6.04 Å². The Balaban J connectivity index is 2.74. The van der Waals surface area contributed by atoms with E-state index in [2.05, 4.69) is 56.2 Å². The van der Waals surface area contributed by atoms with Crippen molar-refractivity contribution in [2.75, 3.05) is 31.7 Å². The summed E-state index contributed by atoms with van der Waals surface area (Å²) < 4.78 is 5.43. The molecule has 108 valence electrons. The molecule has 0 aliphatic rings. The molecule has 0 atom stereocenters. The summed E-state index contributed by atoms with van der Waals surface area (Å²) >= 11 is 0. The number of nitrogens with one attached hydrogen (secondary N) is 1. The van der Waals surface area contributed by atoms with Gasteiger partial charge in [0.15, 0.2) is 0 Å². The van der Waals surface area contributed by atoms with E-state index in [1.54, 1.807) is 0 Å². The fourth-order valence-corrected chi connectivity index (χ4v) is 2.01. The second-order valence-corrected chi connectivity index (χ2v) is 5.29. The van der Waals surface area contributed by atoms with Crippen molar-refractivity contribution in [1.29, 1.82) is 0 Å². The maximum Gasteiger partial charge on any atom is 0.0641 e. The molecule has 0 unspecified atom stereocenters. The second-order valence-electron chi connectivity index (χ2n) is 5.29. The van der Waals surface area contributed by atoms with Crippen LogP contribution in [0.1, 0.15) is 31.9 Å². The van der Waals surface area contributed by atoms with Crippen molar-refractivity contribution in [1.82, 2.24) is 5.32 Å². The molecule has 1 rings (SSSR count). The highest BCUT2D eigenvalue weighted by Crippen LogP contribution is 2.21. The van der Waals surface area contributed by atoms with Crippen molar-refractivity contribution in [3.63, 3.8) is 0 Å². The Bertz CT molecular complexity index is 377. The van der Waals surface area contributed by atoms with Crippen LogP contribution in [0.2, 0.25) is 0 Å². The van der Waals surface area contributed by atoms with Crippen molar-refractivity contribution >= 4 is 5.69 Å². The largest absolute Gasteiger partial charge is 0.380 e. The summed E-state index contributed by atoms with van der Waals surface area (Å²) in [5.74, 6) is 0. The first-order valence-electron chi connectivity index (χ1n) is 7.16. The molecule has 0 saturated heterocycles. The molecule has 0 heterocycles. The van der Waals surface area contributed by atoms with Gasteiger partial charge in [0, 0.05) is 38.5 Å². The molecule has 1 aromatic carbocycles. The summed E-state index contributed by atoms with van der Waals surface area (Å²) in [5.41, 5.74) is 3.95. The van der Waals surface area contributed by atoms with E-state index < -0.39 is 0 Å². The van der Waals surface area contributed by atoms with Crippen LogP contribution in [0.5, 0.6) is 0 Å². The summed E-state index contributed by atoms with van der Waals surface area (Å²) in [7, 11) is 2.13. The van der Waals surface area contributed by atoms with E-state index >= 15 is 0 Å². The Morgan fingerprint density at radius 2 is 2.05 bits per heavy atom. The van der Waals surface area contributed by atoms with Crippen LogP contribution in [0.25, 0.3) is 0 Å². The van der Waals surface area contributed by atoms with Gasteiger partial charge in [0.25, 0.3) is 0 Å². The predicted molar refractivity (Wildman–Crippen MR) is 82.9 cm³/mol. The molecule has 0 aromatic heterocycles. The fraction of sp³-hybridized carbons (Fsp3) is 0.625. The Hall–Kier alpha value is -1.06. The number of hydrogen-bond acceptors (Lipinski definition) is 3. The van der Waals surface area contributed by atoms with Crippen molar-refractivity contribution < 1.29 is 4.74 Å². The Kier molecular flexibility index (Phi) is 6.89. The summed E-state index contributed by atoms with van der Waals surface area (Å²) in [6, 6.07) is 7.15. The summed E-state index contributed by atoms with van der Waals surface area (Å²) in [5, 5.41) is 3.49. The van der Waals surface area contributed by atoms with E-state index in [1.165, 1.54) is 16.8 Å². The first-order valence-corrected chi connectivity index (χ1v) is 7.16. The van der Waals surface area contributed by atoms with Crippen LogP contribution < -0.4 is 10.2 Å². The average molecular weight is 264 g/mol. The minimum absolute atomic E-state index is 0.502. The maximum absolute atomic E-state index is 5.43. The normalized spacial score (nSPS) is 11.1. The average Bonchev–Trinajstić information content (AvgIpc) is 2.36. The number of rotatable bonds is 8. The van der Waals surface area contributed by atoms with E-state index in [9.17, 15) is 0 Å². The first-order chi connectivity index (χ1) is 9.04. The number of anilines is 1. The van der Waals surface area contributed by atoms with E-state index in [4.69, 9.17) is 4.74 Å². The zero-order chi connectivity index (χ0) is 14.3. The molecule has 0 saturated carbocycles. The van der Waals surface area contributed by atoms with Crippen LogP contribution in [-0.2, 0) is 11.3 Å². The number of hydrogen-bond donors (Lipinski definition) is 1. The monoisotopic (exact) mass is 264 g/mol. The number of benzene rings is 1. The molecule has 3 heteroatoms. The minimum atomic E-state index is 0.502. The molecule has 0 aliphatic carbocycles. The highest BCUT2D eigenvalue weighted by Gasteiger charge is 2.08. The smallest absolute Gasteiger partial charge is 0.0641 e. The van der Waals surface area contributed by atoms with Gasteiger partial charge < -0.3 is 15.0 Å². The van der Waals surface area contributed by atoms with Crippen LogP contribution in [0, 0.1) is 6.92 Å². The third-order valence-corrected chi connectivity index (χ3v) is 3.12. The van der Waals surface area contributed by atoms with E-state index in [0.717, 1.165) is 26.3 Å². The third-order valence-electron chi connectivity index (χ3n) is 3.12. The van der Waals surface area contributed by atoms with Gasteiger partial charge in [-0.15, -0.1) is 0 Å². The molecular weight excluding hydrogens is 236 g/mol. The summed E-state index contributed by atoms with van der Waals surface area (Å²) in [4.78, 5) is 2.27. The van der Waals surface area contributed by atoms with Gasteiger partial charge in [-0.2, -0.15) is 0 Å². The number of ether oxygens (including phenoxy) is 1. The Morgan fingerprint density at radius 1 is 1.32 bits per heavy atom. The predicted octanol–water partition coefficient (Wildman–Crippen LogP) is 2.97. The topological polar surface area (TPSA) is 24.5 Å². The van der Waals surface area contributed by atoms with Gasteiger partial charge in [-0.3, -0.25) is 0 Å². The molecule has 0 bridgehead atoms. The first kappa shape index (κ1) is 16.0. The molecule has 0 aliphatic heterocycles. The van der Waals surface area contributed by atoms with Gasteiger partial charge in [0.1, 0.15) is 0 Å². The molecule has 1 N–H and O–H groups in total. The van der Waals surface area contributed by atoms with Crippen molar-refractivity contribution in [3.8, 4) is 0 Å². The minimum Gasteiger partial charge on any atom is -0.380 e. The maximum atomic E-state index is 5.43. The van der Waals surface area contributed by atoms with Gasteiger partial charge in [-0.05, 0) is 25.5 Å². The van der Waals surface area contributed by atoms with E-state index in [1.807, 2.05) is 6.92 Å². The zero-order valence-electron chi connectivity index (χ0n) is 13.0. The molecule has 1 aromatic rings. The van der Waals surface area contributed by atoms with Gasteiger partial charge in [-0.1, -0.05) is 31.5 Å². The highest BCUT2D eigenvalue weighted by molar-refractivity contribution is 5.54. The van der Waals surface area contributed by atoms with Crippen molar-refractivity contribution in [3.05, 3.63) is 29.3 Å². The van der Waals surface area contributed by atoms with E-state index in [-0.39, 0.29) is 0 Å². The van der Waals surface area contributed by atoms with Crippen LogP contribution in [0.4, 0.5) is 5.69 Å². The van der Waals surface area contributed by atoms with Gasteiger partial charge in [0.05, 0.1) is 6.61 Å². The highest BCUT2D eigenvalue weighted by atomic mass is 16.5. The molecule has 19 heavy (non-hydrogen) atoms. The SMILES string of the molecule is CCOCCN(C)c1ccc(C)cc1CNC(C)C. The van der Waals surface area contributed by atoms with Crippen LogP contribution in [-0.4, -0.2) is 32.8 Å². The van der Waals surface area contributed by atoms with Crippen LogP contribution >= 0.6 is 0 Å². The molecule has 0 radical (unpaired) electrons. The molecule has 0 amide bonds. The van der Waals surface area contributed by atoms with Crippen molar-refractivity contribution in [2.45, 2.75) is 40.3 Å².